The van der Waals surface area contributed by atoms with Crippen LogP contribution in [-0.2, 0) is 11.0 Å². The zero-order valence-electron chi connectivity index (χ0n) is 9.21. The molecule has 2 heteroatoms. The highest BCUT2D eigenvalue weighted by Crippen LogP contribution is 2.11. The van der Waals surface area contributed by atoms with Crippen molar-refractivity contribution in [2.45, 2.75) is 26.2 Å². The molecule has 0 saturated heterocycles. The van der Waals surface area contributed by atoms with Gasteiger partial charge in [0, 0.05) is 0 Å². The van der Waals surface area contributed by atoms with E-state index in [1.165, 1.54) is 5.56 Å². The normalized spacial score (nSPS) is 11.4. The fraction of sp³-hybridized carbons (Fsp3) is 0.333. The molecule has 0 aliphatic carbocycles. The van der Waals surface area contributed by atoms with E-state index in [0.29, 0.717) is 0 Å². The van der Waals surface area contributed by atoms with E-state index in [9.17, 15) is 0 Å². The lowest BCUT2D eigenvalue weighted by Crippen LogP contribution is -2.24. The van der Waals surface area contributed by atoms with Gasteiger partial charge in [-0.25, -0.2) is 0 Å². The third kappa shape index (κ3) is 3.90. The minimum atomic E-state index is -1.39. The Balaban J connectivity index is 2.63. The summed E-state index contributed by atoms with van der Waals surface area (Å²) in [6, 6.07) is 8.30. The standard InChI is InChI=1S/C12H18OSi/c1-5-11-7-6-8-12(9-11)10-13-14(2,3)4/h5-9H,1,10H2,2-4H3. The highest BCUT2D eigenvalue weighted by molar-refractivity contribution is 6.69. The largest absolute Gasteiger partial charge is 0.413 e. The van der Waals surface area contributed by atoms with E-state index in [-0.39, 0.29) is 0 Å². The van der Waals surface area contributed by atoms with Crippen molar-refractivity contribution in [3.05, 3.63) is 42.0 Å². The van der Waals surface area contributed by atoms with Gasteiger partial charge in [-0.3, -0.25) is 0 Å². The molecule has 0 aliphatic rings. The van der Waals surface area contributed by atoms with Gasteiger partial charge in [0.1, 0.15) is 0 Å². The Bertz CT molecular complexity index is 312. The smallest absolute Gasteiger partial charge is 0.184 e. The Morgan fingerprint density at radius 3 is 2.64 bits per heavy atom. The summed E-state index contributed by atoms with van der Waals surface area (Å²) >= 11 is 0. The van der Waals surface area contributed by atoms with Gasteiger partial charge in [-0.15, -0.1) is 0 Å². The predicted octanol–water partition coefficient (Wildman–Crippen LogP) is 3.68. The van der Waals surface area contributed by atoms with E-state index >= 15 is 0 Å². The molecule has 1 aromatic carbocycles. The van der Waals surface area contributed by atoms with Crippen molar-refractivity contribution in [1.82, 2.24) is 0 Å². The lowest BCUT2D eigenvalue weighted by molar-refractivity contribution is 0.299. The van der Waals surface area contributed by atoms with Crippen molar-refractivity contribution in [3.8, 4) is 0 Å². The van der Waals surface area contributed by atoms with Gasteiger partial charge in [0.2, 0.25) is 0 Å². The van der Waals surface area contributed by atoms with Crippen molar-refractivity contribution in [2.24, 2.45) is 0 Å². The van der Waals surface area contributed by atoms with Gasteiger partial charge in [0.25, 0.3) is 0 Å². The first kappa shape index (κ1) is 11.2. The van der Waals surface area contributed by atoms with Gasteiger partial charge in [-0.2, -0.15) is 0 Å². The van der Waals surface area contributed by atoms with Crippen LogP contribution < -0.4 is 0 Å². The van der Waals surface area contributed by atoms with E-state index in [0.717, 1.165) is 12.2 Å². The Morgan fingerprint density at radius 1 is 1.36 bits per heavy atom. The average Bonchev–Trinajstić information content (AvgIpc) is 2.14. The third-order valence-electron chi connectivity index (χ3n) is 1.86. The maximum absolute atomic E-state index is 5.82. The molecule has 0 amide bonds. The summed E-state index contributed by atoms with van der Waals surface area (Å²) in [6.45, 7) is 11.1. The molecule has 0 aliphatic heterocycles. The van der Waals surface area contributed by atoms with Crippen molar-refractivity contribution in [3.63, 3.8) is 0 Å². The first-order valence-electron chi connectivity index (χ1n) is 4.86. The quantitative estimate of drug-likeness (QED) is 0.683. The molecule has 0 saturated carbocycles. The molecular formula is C12H18OSi. The van der Waals surface area contributed by atoms with Gasteiger partial charge in [-0.05, 0) is 36.8 Å². The highest BCUT2D eigenvalue weighted by atomic mass is 28.4. The molecule has 1 rings (SSSR count). The van der Waals surface area contributed by atoms with Gasteiger partial charge in [0.15, 0.2) is 8.32 Å². The van der Waals surface area contributed by atoms with Crippen LogP contribution in [0.3, 0.4) is 0 Å². The van der Waals surface area contributed by atoms with Crippen molar-refractivity contribution in [1.29, 1.82) is 0 Å². The second-order valence-electron chi connectivity index (χ2n) is 4.35. The highest BCUT2D eigenvalue weighted by Gasteiger charge is 2.13. The van der Waals surface area contributed by atoms with Gasteiger partial charge >= 0.3 is 0 Å². The predicted molar refractivity (Wildman–Crippen MR) is 64.7 cm³/mol. The molecule has 14 heavy (non-hydrogen) atoms. The molecule has 0 N–H and O–H groups in total. The van der Waals surface area contributed by atoms with E-state index in [1.807, 2.05) is 18.2 Å². The average molecular weight is 206 g/mol. The van der Waals surface area contributed by atoms with Crippen LogP contribution in [0.1, 0.15) is 11.1 Å². The first-order chi connectivity index (χ1) is 6.51. The first-order valence-corrected chi connectivity index (χ1v) is 8.27. The van der Waals surface area contributed by atoms with Crippen molar-refractivity contribution >= 4 is 14.4 Å². The Labute approximate surface area is 87.5 Å². The van der Waals surface area contributed by atoms with Crippen LogP contribution in [0, 0.1) is 0 Å². The van der Waals surface area contributed by atoms with Crippen LogP contribution in [0.25, 0.3) is 6.08 Å². The van der Waals surface area contributed by atoms with E-state index in [4.69, 9.17) is 4.43 Å². The van der Waals surface area contributed by atoms with Crippen LogP contribution in [-0.4, -0.2) is 8.32 Å². The molecule has 0 unspecified atom stereocenters. The Morgan fingerprint density at radius 2 is 2.07 bits per heavy atom. The minimum absolute atomic E-state index is 0.720. The zero-order valence-corrected chi connectivity index (χ0v) is 10.2. The number of rotatable bonds is 4. The maximum atomic E-state index is 5.82. The summed E-state index contributed by atoms with van der Waals surface area (Å²) in [5.74, 6) is 0. The topological polar surface area (TPSA) is 9.23 Å². The van der Waals surface area contributed by atoms with Crippen molar-refractivity contribution in [2.75, 3.05) is 0 Å². The Hall–Kier alpha value is -0.863. The fourth-order valence-corrected chi connectivity index (χ4v) is 1.71. The monoisotopic (exact) mass is 206 g/mol. The minimum Gasteiger partial charge on any atom is -0.413 e. The molecule has 1 nitrogen and oxygen atoms in total. The van der Waals surface area contributed by atoms with Crippen LogP contribution >= 0.6 is 0 Å². The SMILES string of the molecule is C=Cc1cccc(CO[Si](C)(C)C)c1. The number of hydrogen-bond acceptors (Lipinski definition) is 1. The Kier molecular flexibility index (Phi) is 3.67. The molecule has 0 radical (unpaired) electrons. The second kappa shape index (κ2) is 4.58. The molecule has 0 atom stereocenters. The summed E-state index contributed by atoms with van der Waals surface area (Å²) in [7, 11) is -1.39. The molecule has 1 aromatic rings. The lowest BCUT2D eigenvalue weighted by Gasteiger charge is -2.17. The van der Waals surface area contributed by atoms with Crippen molar-refractivity contribution < 1.29 is 4.43 Å². The number of hydrogen-bond donors (Lipinski definition) is 0. The van der Waals surface area contributed by atoms with Gasteiger partial charge < -0.3 is 4.43 Å². The van der Waals surface area contributed by atoms with E-state index in [1.54, 1.807) is 0 Å². The molecule has 0 heterocycles. The van der Waals surface area contributed by atoms with Crippen LogP contribution in [0.5, 0.6) is 0 Å². The summed E-state index contributed by atoms with van der Waals surface area (Å²) in [5, 5.41) is 0. The van der Waals surface area contributed by atoms with E-state index < -0.39 is 8.32 Å². The summed E-state index contributed by atoms with van der Waals surface area (Å²) in [4.78, 5) is 0. The summed E-state index contributed by atoms with van der Waals surface area (Å²) in [6.07, 6.45) is 1.86. The van der Waals surface area contributed by atoms with Crippen LogP contribution in [0.15, 0.2) is 30.8 Å². The van der Waals surface area contributed by atoms with Crippen LogP contribution in [0.4, 0.5) is 0 Å². The van der Waals surface area contributed by atoms with Gasteiger partial charge in [0.05, 0.1) is 6.61 Å². The molecule has 0 spiro atoms. The third-order valence-corrected chi connectivity index (χ3v) is 2.87. The molecular weight excluding hydrogens is 188 g/mol. The van der Waals surface area contributed by atoms with E-state index in [2.05, 4.69) is 38.4 Å². The maximum Gasteiger partial charge on any atom is 0.184 e. The summed E-state index contributed by atoms with van der Waals surface area (Å²) < 4.78 is 5.82. The van der Waals surface area contributed by atoms with Crippen LogP contribution in [0.2, 0.25) is 19.6 Å². The molecule has 0 bridgehead atoms. The molecule has 0 fully saturated rings. The second-order valence-corrected chi connectivity index (χ2v) is 8.86. The lowest BCUT2D eigenvalue weighted by atomic mass is 10.1. The van der Waals surface area contributed by atoms with Gasteiger partial charge in [-0.1, -0.05) is 30.9 Å². The zero-order chi connectivity index (χ0) is 10.6. The molecule has 0 aromatic heterocycles. The fourth-order valence-electron chi connectivity index (χ4n) is 1.11. The summed E-state index contributed by atoms with van der Waals surface area (Å²) in [5.41, 5.74) is 2.38. The molecule has 76 valence electrons. The number of benzene rings is 1.